The molecule has 132 valence electrons. The molecule has 0 bridgehead atoms. The van der Waals surface area contributed by atoms with Gasteiger partial charge in [0, 0.05) is 26.2 Å². The highest BCUT2D eigenvalue weighted by molar-refractivity contribution is 5.23. The lowest BCUT2D eigenvalue weighted by Gasteiger charge is -2.48. The first-order valence-corrected chi connectivity index (χ1v) is 10.3. The predicted octanol–water partition coefficient (Wildman–Crippen LogP) is 2.41. The summed E-state index contributed by atoms with van der Waals surface area (Å²) in [5, 5.41) is 0. The van der Waals surface area contributed by atoms with Gasteiger partial charge in [0.1, 0.15) is 0 Å². The monoisotopic (exact) mass is 320 g/mol. The number of likely N-dealkylation sites (N-methyl/N-ethyl adjacent to an activating group) is 2. The second-order valence-electron chi connectivity index (χ2n) is 8.10. The second-order valence-corrected chi connectivity index (χ2v) is 8.10. The number of hydrogen-bond acceptors (Lipinski definition) is 4. The predicted molar refractivity (Wildman–Crippen MR) is 95.4 cm³/mol. The first kappa shape index (κ1) is 16.3. The van der Waals surface area contributed by atoms with E-state index in [0.717, 1.165) is 6.17 Å². The zero-order valence-corrected chi connectivity index (χ0v) is 15.3. The van der Waals surface area contributed by atoms with Gasteiger partial charge in [0.25, 0.3) is 0 Å². The van der Waals surface area contributed by atoms with Crippen molar-refractivity contribution in [1.29, 1.82) is 0 Å². The molecule has 0 aromatic heterocycles. The molecule has 0 N–H and O–H groups in total. The molecular formula is C19H36N4. The molecule has 4 fully saturated rings. The summed E-state index contributed by atoms with van der Waals surface area (Å²) in [6.45, 7) is 13.8. The van der Waals surface area contributed by atoms with E-state index in [1.165, 1.54) is 90.8 Å². The molecule has 0 aromatic carbocycles. The van der Waals surface area contributed by atoms with Gasteiger partial charge in [-0.15, -0.1) is 0 Å². The highest BCUT2D eigenvalue weighted by atomic mass is 15.6. The molecule has 0 aromatic rings. The van der Waals surface area contributed by atoms with Gasteiger partial charge in [-0.2, -0.15) is 0 Å². The summed E-state index contributed by atoms with van der Waals surface area (Å²) in [6.07, 6.45) is 11.3. The van der Waals surface area contributed by atoms with E-state index in [9.17, 15) is 0 Å². The molecule has 4 heteroatoms. The molecule has 4 nitrogen and oxygen atoms in total. The standard InChI is InChI=1S/C19H36N4/c1-3-20-13-9-15-22-12-8-6-5-7-11-19(17(20)22)18-21(4-2)14-10-16-23(18)19/h17-18H,3-16H2,1-2H3. The van der Waals surface area contributed by atoms with Crippen LogP contribution in [0, 0.1) is 0 Å². The topological polar surface area (TPSA) is 12.7 Å². The maximum absolute atomic E-state index is 2.90. The van der Waals surface area contributed by atoms with Gasteiger partial charge in [-0.25, -0.2) is 0 Å². The normalized spacial score (nSPS) is 43.3. The van der Waals surface area contributed by atoms with Gasteiger partial charge >= 0.3 is 0 Å². The van der Waals surface area contributed by atoms with Gasteiger partial charge in [0.05, 0.1) is 17.9 Å². The Bertz CT molecular complexity index is 414. The number of fused-ring (bicyclic) bond motifs is 5. The Hall–Kier alpha value is -0.160. The van der Waals surface area contributed by atoms with Gasteiger partial charge in [-0.1, -0.05) is 33.1 Å². The third kappa shape index (κ3) is 2.57. The largest absolute Gasteiger partial charge is 0.286 e. The fraction of sp³-hybridized carbons (Fsp3) is 1.00. The van der Waals surface area contributed by atoms with Crippen molar-refractivity contribution in [3.8, 4) is 0 Å². The van der Waals surface area contributed by atoms with Crippen LogP contribution in [-0.2, 0) is 0 Å². The summed E-state index contributed by atoms with van der Waals surface area (Å²) in [6, 6.07) is 0. The lowest BCUT2D eigenvalue weighted by molar-refractivity contribution is -0.0318. The van der Waals surface area contributed by atoms with E-state index >= 15 is 0 Å². The summed E-state index contributed by atoms with van der Waals surface area (Å²) in [5.74, 6) is 0. The molecule has 4 rings (SSSR count). The van der Waals surface area contributed by atoms with Crippen LogP contribution in [-0.4, -0.2) is 83.3 Å². The Morgan fingerprint density at radius 2 is 1.35 bits per heavy atom. The average Bonchev–Trinajstić information content (AvgIpc) is 3.22. The van der Waals surface area contributed by atoms with Crippen molar-refractivity contribution in [3.05, 3.63) is 0 Å². The number of nitrogens with zero attached hydrogens (tertiary/aromatic N) is 4. The van der Waals surface area contributed by atoms with Crippen molar-refractivity contribution >= 4 is 0 Å². The molecule has 4 atom stereocenters. The van der Waals surface area contributed by atoms with Gasteiger partial charge in [0.2, 0.25) is 0 Å². The van der Waals surface area contributed by atoms with Gasteiger partial charge in [-0.3, -0.25) is 19.6 Å². The lowest BCUT2D eigenvalue weighted by atomic mass is 9.92. The van der Waals surface area contributed by atoms with Crippen molar-refractivity contribution in [2.45, 2.75) is 76.7 Å². The van der Waals surface area contributed by atoms with E-state index in [0.29, 0.717) is 11.7 Å². The summed E-state index contributed by atoms with van der Waals surface area (Å²) in [7, 11) is 0. The third-order valence-corrected chi connectivity index (χ3v) is 7.01. The van der Waals surface area contributed by atoms with Crippen molar-refractivity contribution in [2.24, 2.45) is 0 Å². The van der Waals surface area contributed by atoms with Crippen LogP contribution in [0.15, 0.2) is 0 Å². The maximum atomic E-state index is 2.90. The number of hydrogen-bond donors (Lipinski definition) is 0. The molecule has 1 spiro atoms. The van der Waals surface area contributed by atoms with Crippen LogP contribution in [0.25, 0.3) is 0 Å². The Morgan fingerprint density at radius 1 is 0.696 bits per heavy atom. The quantitative estimate of drug-likeness (QED) is 0.724. The van der Waals surface area contributed by atoms with E-state index in [1.807, 2.05) is 0 Å². The van der Waals surface area contributed by atoms with Crippen LogP contribution < -0.4 is 0 Å². The highest BCUT2D eigenvalue weighted by Crippen LogP contribution is 2.54. The Kier molecular flexibility index (Phi) is 4.70. The zero-order chi connectivity index (χ0) is 15.9. The van der Waals surface area contributed by atoms with E-state index in [4.69, 9.17) is 0 Å². The van der Waals surface area contributed by atoms with Gasteiger partial charge < -0.3 is 0 Å². The third-order valence-electron chi connectivity index (χ3n) is 7.01. The van der Waals surface area contributed by atoms with E-state index in [1.54, 1.807) is 0 Å². The molecule has 4 unspecified atom stereocenters. The smallest absolute Gasteiger partial charge is 0.0848 e. The van der Waals surface area contributed by atoms with Crippen molar-refractivity contribution in [2.75, 3.05) is 45.8 Å². The summed E-state index contributed by atoms with van der Waals surface area (Å²) in [4.78, 5) is 11.4. The van der Waals surface area contributed by atoms with Gasteiger partial charge in [-0.05, 0) is 45.3 Å². The fourth-order valence-corrected chi connectivity index (χ4v) is 6.04. The van der Waals surface area contributed by atoms with Crippen LogP contribution in [0.2, 0.25) is 0 Å². The minimum Gasteiger partial charge on any atom is -0.286 e. The first-order chi connectivity index (χ1) is 11.3. The SMILES string of the molecule is CCN1CCCN2CCCCCCC3(C12)C1N(CC)CCCN13. The molecule has 23 heavy (non-hydrogen) atoms. The molecular weight excluding hydrogens is 284 g/mol. The van der Waals surface area contributed by atoms with Crippen molar-refractivity contribution in [1.82, 2.24) is 19.6 Å². The molecule has 4 aliphatic rings. The van der Waals surface area contributed by atoms with E-state index in [2.05, 4.69) is 33.4 Å². The summed E-state index contributed by atoms with van der Waals surface area (Å²) in [5.41, 5.74) is 0.438. The Morgan fingerprint density at radius 3 is 2.13 bits per heavy atom. The summed E-state index contributed by atoms with van der Waals surface area (Å²) >= 11 is 0. The molecule has 4 saturated heterocycles. The van der Waals surface area contributed by atoms with Crippen molar-refractivity contribution in [3.63, 3.8) is 0 Å². The number of rotatable bonds is 2. The molecule has 0 radical (unpaired) electrons. The first-order valence-electron chi connectivity index (χ1n) is 10.3. The average molecular weight is 321 g/mol. The molecule has 0 saturated carbocycles. The molecule has 0 aliphatic carbocycles. The highest BCUT2D eigenvalue weighted by Gasteiger charge is 2.70. The van der Waals surface area contributed by atoms with Crippen LogP contribution in [0.5, 0.6) is 0 Å². The van der Waals surface area contributed by atoms with Crippen LogP contribution in [0.3, 0.4) is 0 Å². The zero-order valence-electron chi connectivity index (χ0n) is 15.3. The molecule has 4 aliphatic heterocycles. The van der Waals surface area contributed by atoms with Crippen LogP contribution >= 0.6 is 0 Å². The lowest BCUT2D eigenvalue weighted by Crippen LogP contribution is -2.62. The molecule has 0 amide bonds. The fourth-order valence-electron chi connectivity index (χ4n) is 6.04. The Labute approximate surface area is 142 Å². The maximum Gasteiger partial charge on any atom is 0.0848 e. The van der Waals surface area contributed by atoms with E-state index in [-0.39, 0.29) is 0 Å². The van der Waals surface area contributed by atoms with Gasteiger partial charge in [0.15, 0.2) is 0 Å². The summed E-state index contributed by atoms with van der Waals surface area (Å²) < 4.78 is 0. The Balaban J connectivity index is 1.68. The van der Waals surface area contributed by atoms with E-state index < -0.39 is 0 Å². The van der Waals surface area contributed by atoms with Crippen LogP contribution in [0.4, 0.5) is 0 Å². The minimum absolute atomic E-state index is 0.438. The minimum atomic E-state index is 0.438. The second kappa shape index (κ2) is 6.62. The van der Waals surface area contributed by atoms with Crippen LogP contribution in [0.1, 0.15) is 58.8 Å². The van der Waals surface area contributed by atoms with Crippen molar-refractivity contribution < 1.29 is 0 Å². The molecule has 4 heterocycles.